The van der Waals surface area contributed by atoms with Crippen LogP contribution in [0.3, 0.4) is 0 Å². The summed E-state index contributed by atoms with van der Waals surface area (Å²) in [4.78, 5) is 4.04. The molecule has 0 saturated heterocycles. The summed E-state index contributed by atoms with van der Waals surface area (Å²) in [5, 5.41) is 2.50. The van der Waals surface area contributed by atoms with Gasteiger partial charge in [-0.1, -0.05) is 11.6 Å². The lowest BCUT2D eigenvalue weighted by molar-refractivity contribution is 0.603. The molecule has 0 saturated carbocycles. The fourth-order valence-corrected chi connectivity index (χ4v) is 5.36. The van der Waals surface area contributed by atoms with Gasteiger partial charge in [-0.15, -0.1) is 22.7 Å². The van der Waals surface area contributed by atoms with Crippen molar-refractivity contribution in [2.45, 2.75) is 11.1 Å². The summed E-state index contributed by atoms with van der Waals surface area (Å²) in [5.74, 6) is 0. The third-order valence-electron chi connectivity index (χ3n) is 1.73. The van der Waals surface area contributed by atoms with E-state index in [0.717, 1.165) is 17.0 Å². The first-order valence-corrected chi connectivity index (χ1v) is 8.63. The third-order valence-corrected chi connectivity index (χ3v) is 7.02. The minimum absolute atomic E-state index is 0.155. The zero-order chi connectivity index (χ0) is 12.6. The van der Waals surface area contributed by atoms with E-state index in [1.54, 1.807) is 12.3 Å². The predicted octanol–water partition coefficient (Wildman–Crippen LogP) is 3.73. The van der Waals surface area contributed by atoms with Crippen LogP contribution in [0.2, 0.25) is 5.02 Å². The van der Waals surface area contributed by atoms with Gasteiger partial charge in [-0.3, -0.25) is 4.72 Å². The molecule has 0 bridgehead atoms. The smallest absolute Gasteiger partial charge is 0.254 e. The molecule has 0 unspecified atom stereocenters. The van der Waals surface area contributed by atoms with E-state index in [4.69, 9.17) is 11.6 Å². The minimum atomic E-state index is -3.60. The van der Waals surface area contributed by atoms with Crippen molar-refractivity contribution in [1.29, 1.82) is 0 Å². The second kappa shape index (κ2) is 4.85. The van der Waals surface area contributed by atoms with Crippen LogP contribution in [0.4, 0.5) is 5.13 Å². The maximum Gasteiger partial charge on any atom is 0.273 e. The summed E-state index contributed by atoms with van der Waals surface area (Å²) in [5.41, 5.74) is 0.776. The van der Waals surface area contributed by atoms with Crippen LogP contribution < -0.4 is 4.72 Å². The molecule has 0 fully saturated rings. The van der Waals surface area contributed by atoms with Crippen molar-refractivity contribution in [3.8, 4) is 0 Å². The van der Waals surface area contributed by atoms with Gasteiger partial charge in [0.2, 0.25) is 0 Å². The third kappa shape index (κ3) is 3.00. The van der Waals surface area contributed by atoms with Crippen LogP contribution in [0.1, 0.15) is 5.69 Å². The first-order valence-electron chi connectivity index (χ1n) is 4.28. The molecule has 1 N–H and O–H groups in total. The Morgan fingerprint density at radius 1 is 1.53 bits per heavy atom. The van der Waals surface area contributed by atoms with Crippen LogP contribution in [0.5, 0.6) is 0 Å². The van der Waals surface area contributed by atoms with E-state index >= 15 is 0 Å². The topological polar surface area (TPSA) is 59.1 Å². The number of aromatic nitrogens is 1. The number of hydrogen-bond donors (Lipinski definition) is 1. The van der Waals surface area contributed by atoms with E-state index in [9.17, 15) is 8.42 Å². The Bertz CT molecular complexity index is 630. The van der Waals surface area contributed by atoms with E-state index < -0.39 is 10.0 Å². The molecular weight excluding hydrogens is 368 g/mol. The lowest BCUT2D eigenvalue weighted by atomic mass is 10.6. The van der Waals surface area contributed by atoms with Crippen LogP contribution in [-0.4, -0.2) is 13.4 Å². The van der Waals surface area contributed by atoms with E-state index in [0.29, 0.717) is 13.9 Å². The molecule has 9 heteroatoms. The molecule has 0 aliphatic carbocycles. The number of hydrogen-bond acceptors (Lipinski definition) is 5. The molecule has 2 aromatic heterocycles. The van der Waals surface area contributed by atoms with Crippen LogP contribution >= 0.6 is 50.2 Å². The van der Waals surface area contributed by atoms with Crippen molar-refractivity contribution >= 4 is 65.4 Å². The summed E-state index contributed by atoms with van der Waals surface area (Å²) in [6.45, 7) is 1.80. The Hall–Kier alpha value is -0.150. The van der Waals surface area contributed by atoms with Gasteiger partial charge in [0.05, 0.1) is 14.5 Å². The molecule has 2 aromatic rings. The molecule has 17 heavy (non-hydrogen) atoms. The molecule has 92 valence electrons. The number of sulfonamides is 1. The second-order valence-corrected chi connectivity index (χ2v) is 8.63. The Morgan fingerprint density at radius 3 is 2.71 bits per heavy atom. The molecule has 0 spiro atoms. The molecular formula is C8H6BrClN2O2S3. The summed E-state index contributed by atoms with van der Waals surface area (Å²) in [7, 11) is -3.60. The second-order valence-electron chi connectivity index (χ2n) is 3.09. The normalized spacial score (nSPS) is 11.7. The van der Waals surface area contributed by atoms with Crippen molar-refractivity contribution < 1.29 is 8.42 Å². The zero-order valence-electron chi connectivity index (χ0n) is 8.40. The fourth-order valence-electron chi connectivity index (χ4n) is 1.03. The summed E-state index contributed by atoms with van der Waals surface area (Å²) < 4.78 is 27.1. The van der Waals surface area contributed by atoms with Gasteiger partial charge in [0.25, 0.3) is 10.0 Å². The van der Waals surface area contributed by atoms with Crippen molar-refractivity contribution in [3.05, 3.63) is 25.9 Å². The predicted molar refractivity (Wildman–Crippen MR) is 74.7 cm³/mol. The first-order chi connectivity index (χ1) is 7.88. The lowest BCUT2D eigenvalue weighted by Gasteiger charge is -2.01. The molecule has 4 nitrogen and oxygen atoms in total. The monoisotopic (exact) mass is 372 g/mol. The van der Waals surface area contributed by atoms with Gasteiger partial charge in [0.1, 0.15) is 4.21 Å². The Kier molecular flexibility index (Phi) is 3.79. The first kappa shape index (κ1) is 13.3. The number of thiazole rings is 1. The molecule has 0 aliphatic heterocycles. The Balaban J connectivity index is 2.31. The van der Waals surface area contributed by atoms with E-state index in [1.807, 2.05) is 0 Å². The van der Waals surface area contributed by atoms with Crippen LogP contribution in [0.15, 0.2) is 19.4 Å². The highest BCUT2D eigenvalue weighted by Gasteiger charge is 2.20. The summed E-state index contributed by atoms with van der Waals surface area (Å²) >= 11 is 11.3. The van der Waals surface area contributed by atoms with Crippen LogP contribution in [0.25, 0.3) is 0 Å². The maximum absolute atomic E-state index is 12.0. The minimum Gasteiger partial charge on any atom is -0.254 e. The van der Waals surface area contributed by atoms with Crippen molar-refractivity contribution in [1.82, 2.24) is 4.98 Å². The number of rotatable bonds is 3. The van der Waals surface area contributed by atoms with Crippen molar-refractivity contribution in [2.24, 2.45) is 0 Å². The van der Waals surface area contributed by atoms with Crippen molar-refractivity contribution in [3.63, 3.8) is 0 Å². The number of anilines is 1. The number of aryl methyl sites for hydroxylation is 1. The highest BCUT2D eigenvalue weighted by molar-refractivity contribution is 9.11. The average molecular weight is 374 g/mol. The Morgan fingerprint density at radius 2 is 2.24 bits per heavy atom. The number of nitrogens with zero attached hydrogens (tertiary/aromatic N) is 1. The molecule has 2 rings (SSSR count). The van der Waals surface area contributed by atoms with Gasteiger partial charge in [-0.2, -0.15) is 0 Å². The number of nitrogens with one attached hydrogen (secondary N) is 1. The highest BCUT2D eigenvalue weighted by atomic mass is 79.9. The molecule has 2 heterocycles. The van der Waals surface area contributed by atoms with Crippen LogP contribution in [-0.2, 0) is 10.0 Å². The number of halogens is 2. The molecule has 0 atom stereocenters. The van der Waals surface area contributed by atoms with Crippen molar-refractivity contribution in [2.75, 3.05) is 4.72 Å². The largest absolute Gasteiger partial charge is 0.273 e. The van der Waals surface area contributed by atoms with Crippen LogP contribution in [0, 0.1) is 6.92 Å². The van der Waals surface area contributed by atoms with Gasteiger partial charge in [-0.25, -0.2) is 13.4 Å². The zero-order valence-corrected chi connectivity index (χ0v) is 13.2. The summed E-state index contributed by atoms with van der Waals surface area (Å²) in [6, 6.07) is 1.40. The lowest BCUT2D eigenvalue weighted by Crippen LogP contribution is -2.11. The van der Waals surface area contributed by atoms with Gasteiger partial charge in [-0.05, 0) is 28.9 Å². The van der Waals surface area contributed by atoms with Gasteiger partial charge in [0, 0.05) is 5.38 Å². The van der Waals surface area contributed by atoms with Gasteiger partial charge >= 0.3 is 0 Å². The summed E-state index contributed by atoms with van der Waals surface area (Å²) in [6.07, 6.45) is 0. The molecule has 0 radical (unpaired) electrons. The maximum atomic E-state index is 12.0. The number of thiophene rings is 1. The fraction of sp³-hybridized carbons (Fsp3) is 0.125. The van der Waals surface area contributed by atoms with Gasteiger partial charge in [0.15, 0.2) is 5.13 Å². The van der Waals surface area contributed by atoms with Gasteiger partial charge < -0.3 is 0 Å². The molecule has 0 amide bonds. The average Bonchev–Trinajstić information content (AvgIpc) is 2.75. The Labute approximate surface area is 120 Å². The molecule has 0 aromatic carbocycles. The highest BCUT2D eigenvalue weighted by Crippen LogP contribution is 2.35. The van der Waals surface area contributed by atoms with E-state index in [2.05, 4.69) is 25.6 Å². The van der Waals surface area contributed by atoms with E-state index in [-0.39, 0.29) is 4.21 Å². The standard InChI is InChI=1S/C8H6BrClN2O2S3/c1-4-3-15-8(11-4)12-17(13,14)6-2-5(10)7(9)16-6/h2-3H,1H3,(H,11,12). The molecule has 0 aliphatic rings. The SMILES string of the molecule is Cc1csc(NS(=O)(=O)c2cc(Cl)c(Br)s2)n1. The van der Waals surface area contributed by atoms with E-state index in [1.165, 1.54) is 17.4 Å². The quantitative estimate of drug-likeness (QED) is 0.892.